The first kappa shape index (κ1) is 12.2. The summed E-state index contributed by atoms with van der Waals surface area (Å²) in [7, 11) is 1.37. The van der Waals surface area contributed by atoms with Crippen LogP contribution in [0.4, 0.5) is 10.5 Å². The van der Waals surface area contributed by atoms with E-state index in [1.165, 1.54) is 19.2 Å². The Morgan fingerprint density at radius 2 is 2.33 bits per heavy atom. The summed E-state index contributed by atoms with van der Waals surface area (Å²) in [5.74, 6) is 0.196. The zero-order valence-electron chi connectivity index (χ0n) is 9.71. The number of nitro benzene ring substituents is 1. The van der Waals surface area contributed by atoms with E-state index in [9.17, 15) is 14.9 Å². The number of cyclic esters (lactones) is 1. The molecule has 0 unspecified atom stereocenters. The molecule has 1 fully saturated rings. The van der Waals surface area contributed by atoms with E-state index in [0.29, 0.717) is 18.6 Å². The van der Waals surface area contributed by atoms with Gasteiger partial charge in [0, 0.05) is 12.5 Å². The number of benzene rings is 1. The second-order valence-corrected chi connectivity index (χ2v) is 3.81. The molecule has 1 aliphatic heterocycles. The second-order valence-electron chi connectivity index (χ2n) is 3.81. The van der Waals surface area contributed by atoms with E-state index in [1.807, 2.05) is 0 Å². The van der Waals surface area contributed by atoms with Crippen LogP contribution in [0.5, 0.6) is 5.75 Å². The molecule has 2 rings (SSSR count). The second kappa shape index (κ2) is 4.91. The van der Waals surface area contributed by atoms with Gasteiger partial charge >= 0.3 is 11.8 Å². The van der Waals surface area contributed by atoms with E-state index in [0.717, 1.165) is 0 Å². The van der Waals surface area contributed by atoms with Gasteiger partial charge in [0.25, 0.3) is 0 Å². The number of hydrogen-bond donors (Lipinski definition) is 1. The van der Waals surface area contributed by atoms with E-state index >= 15 is 0 Å². The maximum Gasteiger partial charge on any atom is 0.407 e. The van der Waals surface area contributed by atoms with Crippen molar-refractivity contribution >= 4 is 11.8 Å². The zero-order chi connectivity index (χ0) is 13.1. The Labute approximate surface area is 103 Å². The number of rotatable bonds is 3. The number of carbonyl (C=O) groups is 1. The molecule has 0 spiro atoms. The summed E-state index contributed by atoms with van der Waals surface area (Å²) in [5.41, 5.74) is 0.551. The first-order valence-corrected chi connectivity index (χ1v) is 5.37. The Balaban J connectivity index is 2.31. The van der Waals surface area contributed by atoms with Gasteiger partial charge in [0.1, 0.15) is 0 Å². The molecule has 1 amide bonds. The van der Waals surface area contributed by atoms with Crippen LogP contribution in [0.3, 0.4) is 0 Å². The van der Waals surface area contributed by atoms with Gasteiger partial charge in [-0.1, -0.05) is 6.07 Å². The molecule has 7 nitrogen and oxygen atoms in total. The number of nitro groups is 1. The summed E-state index contributed by atoms with van der Waals surface area (Å²) < 4.78 is 9.66. The molecule has 1 aromatic carbocycles. The van der Waals surface area contributed by atoms with Gasteiger partial charge in [-0.2, -0.15) is 0 Å². The molecule has 0 bridgehead atoms. The first-order chi connectivity index (χ1) is 8.61. The van der Waals surface area contributed by atoms with Crippen LogP contribution in [-0.2, 0) is 4.74 Å². The van der Waals surface area contributed by atoms with Gasteiger partial charge in [0.05, 0.1) is 24.7 Å². The minimum atomic E-state index is -0.510. The van der Waals surface area contributed by atoms with E-state index in [4.69, 9.17) is 9.47 Å². The number of nitrogens with zero attached hydrogens (tertiary/aromatic N) is 1. The normalized spacial score (nSPS) is 18.7. The van der Waals surface area contributed by atoms with E-state index < -0.39 is 11.0 Å². The lowest BCUT2D eigenvalue weighted by Gasteiger charge is -2.23. The van der Waals surface area contributed by atoms with Gasteiger partial charge in [-0.3, -0.25) is 10.1 Å². The highest BCUT2D eigenvalue weighted by molar-refractivity contribution is 5.68. The fraction of sp³-hybridized carbons (Fsp3) is 0.364. The molecule has 7 heteroatoms. The highest BCUT2D eigenvalue weighted by atomic mass is 16.6. The topological polar surface area (TPSA) is 90.7 Å². The number of amides is 1. The van der Waals surface area contributed by atoms with Crippen molar-refractivity contribution in [1.82, 2.24) is 5.32 Å². The van der Waals surface area contributed by atoms with Gasteiger partial charge in [0.2, 0.25) is 0 Å². The van der Waals surface area contributed by atoms with Crippen LogP contribution in [0.1, 0.15) is 18.0 Å². The molecule has 1 aliphatic rings. The Morgan fingerprint density at radius 3 is 2.94 bits per heavy atom. The van der Waals surface area contributed by atoms with Crippen LogP contribution in [0.15, 0.2) is 18.2 Å². The summed E-state index contributed by atoms with van der Waals surface area (Å²) in [6.45, 7) is 0.302. The van der Waals surface area contributed by atoms with Gasteiger partial charge in [-0.15, -0.1) is 0 Å². The van der Waals surface area contributed by atoms with Crippen molar-refractivity contribution < 1.29 is 19.2 Å². The smallest absolute Gasteiger partial charge is 0.407 e. The van der Waals surface area contributed by atoms with Crippen molar-refractivity contribution in [2.45, 2.75) is 12.5 Å². The van der Waals surface area contributed by atoms with E-state index in [1.54, 1.807) is 6.07 Å². The maximum absolute atomic E-state index is 11.1. The Kier molecular flexibility index (Phi) is 3.31. The number of carbonyl (C=O) groups excluding carboxylic acids is 1. The Morgan fingerprint density at radius 1 is 1.56 bits per heavy atom. The van der Waals surface area contributed by atoms with Crippen molar-refractivity contribution in [3.8, 4) is 5.75 Å². The fourth-order valence-corrected chi connectivity index (χ4v) is 1.84. The van der Waals surface area contributed by atoms with Crippen molar-refractivity contribution in [3.05, 3.63) is 33.9 Å². The molecular weight excluding hydrogens is 240 g/mol. The highest BCUT2D eigenvalue weighted by Crippen LogP contribution is 2.31. The lowest BCUT2D eigenvalue weighted by molar-refractivity contribution is -0.385. The third-order valence-corrected chi connectivity index (χ3v) is 2.73. The number of hydrogen-bond acceptors (Lipinski definition) is 5. The molecule has 1 saturated heterocycles. The van der Waals surface area contributed by atoms with Crippen molar-refractivity contribution in [2.75, 3.05) is 13.7 Å². The van der Waals surface area contributed by atoms with Gasteiger partial charge < -0.3 is 14.8 Å². The summed E-state index contributed by atoms with van der Waals surface area (Å²) in [6.07, 6.45) is 0.0691. The van der Waals surface area contributed by atoms with Crippen LogP contribution in [0.25, 0.3) is 0 Å². The monoisotopic (exact) mass is 252 g/mol. The number of ether oxygens (including phenoxy) is 2. The van der Waals surface area contributed by atoms with Crippen LogP contribution in [0, 0.1) is 10.1 Å². The summed E-state index contributed by atoms with van der Waals surface area (Å²) in [6, 6.07) is 4.36. The minimum absolute atomic E-state index is 0.115. The van der Waals surface area contributed by atoms with Crippen LogP contribution >= 0.6 is 0 Å². The summed E-state index contributed by atoms with van der Waals surface area (Å²) >= 11 is 0. The Hall–Kier alpha value is -2.31. The molecule has 1 atom stereocenters. The molecular formula is C11H12N2O5. The lowest BCUT2D eigenvalue weighted by atomic mass is 10.0. The molecule has 96 valence electrons. The molecule has 0 aromatic heterocycles. The van der Waals surface area contributed by atoms with Gasteiger partial charge in [-0.25, -0.2) is 4.79 Å². The van der Waals surface area contributed by atoms with Crippen molar-refractivity contribution in [2.24, 2.45) is 0 Å². The predicted octanol–water partition coefficient (Wildman–Crippen LogP) is 1.77. The van der Waals surface area contributed by atoms with Crippen LogP contribution in [-0.4, -0.2) is 24.7 Å². The maximum atomic E-state index is 11.1. The standard InChI is InChI=1S/C11H12N2O5/c1-17-10-3-2-7(6-9(10)13(15)16)8-4-5-18-11(14)12-8/h2-3,6,8H,4-5H2,1H3,(H,12,14)/t8-/m1/s1. The fourth-order valence-electron chi connectivity index (χ4n) is 1.84. The third-order valence-electron chi connectivity index (χ3n) is 2.73. The predicted molar refractivity (Wildman–Crippen MR) is 61.5 cm³/mol. The molecule has 18 heavy (non-hydrogen) atoms. The van der Waals surface area contributed by atoms with Crippen LogP contribution in [0.2, 0.25) is 0 Å². The number of alkyl carbamates (subject to hydrolysis) is 1. The number of methoxy groups -OCH3 is 1. The number of nitrogens with one attached hydrogen (secondary N) is 1. The first-order valence-electron chi connectivity index (χ1n) is 5.37. The lowest BCUT2D eigenvalue weighted by Crippen LogP contribution is -2.35. The molecule has 0 aliphatic carbocycles. The van der Waals surface area contributed by atoms with E-state index in [-0.39, 0.29) is 17.5 Å². The average Bonchev–Trinajstić information content (AvgIpc) is 2.38. The largest absolute Gasteiger partial charge is 0.490 e. The van der Waals surface area contributed by atoms with Crippen LogP contribution < -0.4 is 10.1 Å². The van der Waals surface area contributed by atoms with Crippen molar-refractivity contribution in [3.63, 3.8) is 0 Å². The summed E-state index contributed by atoms with van der Waals surface area (Å²) in [4.78, 5) is 21.5. The SMILES string of the molecule is COc1ccc([C@H]2CCOC(=O)N2)cc1[N+](=O)[O-]. The molecule has 1 N–H and O–H groups in total. The van der Waals surface area contributed by atoms with Gasteiger partial charge in [0.15, 0.2) is 5.75 Å². The third kappa shape index (κ3) is 2.34. The van der Waals surface area contributed by atoms with E-state index in [2.05, 4.69) is 5.32 Å². The average molecular weight is 252 g/mol. The zero-order valence-corrected chi connectivity index (χ0v) is 9.71. The summed E-state index contributed by atoms with van der Waals surface area (Å²) in [5, 5.41) is 13.5. The van der Waals surface area contributed by atoms with Gasteiger partial charge in [-0.05, 0) is 11.6 Å². The molecule has 1 heterocycles. The molecule has 0 saturated carbocycles. The van der Waals surface area contributed by atoms with Crippen molar-refractivity contribution in [1.29, 1.82) is 0 Å². The molecule has 0 radical (unpaired) electrons. The quantitative estimate of drug-likeness (QED) is 0.654. The molecule has 1 aromatic rings. The minimum Gasteiger partial charge on any atom is -0.490 e. The Bertz CT molecular complexity index is 488. The highest BCUT2D eigenvalue weighted by Gasteiger charge is 2.24.